The van der Waals surface area contributed by atoms with Gasteiger partial charge in [-0.1, -0.05) is 29.0 Å². The zero-order valence-electron chi connectivity index (χ0n) is 20.0. The van der Waals surface area contributed by atoms with Gasteiger partial charge in [-0.15, -0.1) is 0 Å². The first-order chi connectivity index (χ1) is 16.7. The van der Waals surface area contributed by atoms with Crippen molar-refractivity contribution in [3.63, 3.8) is 0 Å². The van der Waals surface area contributed by atoms with Crippen molar-refractivity contribution in [2.24, 2.45) is 5.92 Å². The number of halogens is 1. The van der Waals surface area contributed by atoms with Crippen LogP contribution in [0, 0.1) is 5.92 Å². The second-order valence-electron chi connectivity index (χ2n) is 8.63. The van der Waals surface area contributed by atoms with E-state index in [2.05, 4.69) is 15.0 Å². The third kappa shape index (κ3) is 9.79. The number of unbranched alkanes of at least 4 members (excludes halogenated alkanes) is 1. The molecule has 2 aromatic rings. The van der Waals surface area contributed by atoms with Crippen molar-refractivity contribution in [1.82, 2.24) is 15.0 Å². The van der Waals surface area contributed by atoms with E-state index in [4.69, 9.17) is 21.1 Å². The Hall–Kier alpha value is -2.14. The van der Waals surface area contributed by atoms with E-state index in [0.717, 1.165) is 17.2 Å². The SMILES string of the molecule is CC(C)S(=O)(=O)NCCCCC(=O)NC/C=C/c1cnc(Oc2ccc(OCC3CC3)cc2Cl)s1. The number of ether oxygens (including phenoxy) is 2. The Morgan fingerprint density at radius 1 is 1.31 bits per heavy atom. The molecule has 1 amide bonds. The molecule has 1 aliphatic carbocycles. The Bertz CT molecular complexity index is 1110. The normalized spacial score (nSPS) is 13.9. The standard InChI is InChI=1S/C24H32ClN3O5S2/c1-17(2)35(30,31)28-13-4-3-7-23(29)26-12-5-6-20-15-27-24(34-20)33-22-11-10-19(14-21(22)25)32-16-18-8-9-18/h5-6,10-11,14-15,17-18,28H,3-4,7-9,12-13,16H2,1-2H3,(H,26,29)/b6-5+. The molecule has 1 aliphatic rings. The highest BCUT2D eigenvalue weighted by Gasteiger charge is 2.22. The molecular formula is C24H32ClN3O5S2. The topological polar surface area (TPSA) is 107 Å². The van der Waals surface area contributed by atoms with E-state index in [-0.39, 0.29) is 5.91 Å². The summed E-state index contributed by atoms with van der Waals surface area (Å²) in [4.78, 5) is 17.1. The summed E-state index contributed by atoms with van der Waals surface area (Å²) in [5, 5.41) is 3.29. The molecule has 11 heteroatoms. The van der Waals surface area contributed by atoms with Crippen LogP contribution in [0.15, 0.2) is 30.5 Å². The first kappa shape index (κ1) is 27.4. The van der Waals surface area contributed by atoms with Gasteiger partial charge in [0.15, 0.2) is 0 Å². The maximum absolute atomic E-state index is 11.9. The molecule has 0 spiro atoms. The lowest BCUT2D eigenvalue weighted by Crippen LogP contribution is -2.31. The Labute approximate surface area is 216 Å². The van der Waals surface area contributed by atoms with Crippen molar-refractivity contribution in [2.45, 2.75) is 51.2 Å². The van der Waals surface area contributed by atoms with Crippen LogP contribution in [-0.2, 0) is 14.8 Å². The number of rotatable bonds is 15. The highest BCUT2D eigenvalue weighted by molar-refractivity contribution is 7.90. The molecule has 0 bridgehead atoms. The maximum atomic E-state index is 11.9. The smallest absolute Gasteiger partial charge is 0.279 e. The van der Waals surface area contributed by atoms with Gasteiger partial charge in [0.1, 0.15) is 11.5 Å². The van der Waals surface area contributed by atoms with Crippen molar-refractivity contribution < 1.29 is 22.7 Å². The summed E-state index contributed by atoms with van der Waals surface area (Å²) in [5.41, 5.74) is 0. The van der Waals surface area contributed by atoms with Gasteiger partial charge in [0.25, 0.3) is 5.19 Å². The van der Waals surface area contributed by atoms with Crippen LogP contribution in [0.1, 0.15) is 50.8 Å². The number of hydrogen-bond donors (Lipinski definition) is 2. The Kier molecular flexibility index (Phi) is 10.4. The van der Waals surface area contributed by atoms with E-state index in [1.165, 1.54) is 24.2 Å². The van der Waals surface area contributed by atoms with E-state index >= 15 is 0 Å². The van der Waals surface area contributed by atoms with E-state index < -0.39 is 15.3 Å². The molecule has 0 aliphatic heterocycles. The van der Waals surface area contributed by atoms with Crippen molar-refractivity contribution in [1.29, 1.82) is 0 Å². The van der Waals surface area contributed by atoms with Crippen LogP contribution < -0.4 is 19.5 Å². The van der Waals surface area contributed by atoms with Crippen LogP contribution in [0.3, 0.4) is 0 Å². The van der Waals surface area contributed by atoms with Gasteiger partial charge >= 0.3 is 0 Å². The number of sulfonamides is 1. The highest BCUT2D eigenvalue weighted by atomic mass is 35.5. The minimum Gasteiger partial charge on any atom is -0.493 e. The van der Waals surface area contributed by atoms with Gasteiger partial charge in [-0.3, -0.25) is 4.79 Å². The average molecular weight is 542 g/mol. The summed E-state index contributed by atoms with van der Waals surface area (Å²) in [6.07, 6.45) is 9.43. The zero-order chi connectivity index (χ0) is 25.3. The molecule has 2 N–H and O–H groups in total. The van der Waals surface area contributed by atoms with Gasteiger partial charge < -0.3 is 14.8 Å². The molecule has 1 fully saturated rings. The molecule has 1 saturated carbocycles. The first-order valence-corrected chi connectivity index (χ1v) is 14.4. The molecule has 1 aromatic heterocycles. The van der Waals surface area contributed by atoms with E-state index in [1.807, 2.05) is 18.2 Å². The fourth-order valence-corrected chi connectivity index (χ4v) is 4.55. The van der Waals surface area contributed by atoms with Crippen molar-refractivity contribution in [3.05, 3.63) is 40.4 Å². The van der Waals surface area contributed by atoms with Gasteiger partial charge in [0.2, 0.25) is 15.9 Å². The summed E-state index contributed by atoms with van der Waals surface area (Å²) in [5.74, 6) is 1.84. The summed E-state index contributed by atoms with van der Waals surface area (Å²) < 4.78 is 37.4. The van der Waals surface area contributed by atoms with E-state index in [9.17, 15) is 13.2 Å². The van der Waals surface area contributed by atoms with Crippen LogP contribution >= 0.6 is 22.9 Å². The monoisotopic (exact) mass is 541 g/mol. The number of carbonyl (C=O) groups excluding carboxylic acids is 1. The second-order valence-corrected chi connectivity index (χ2v) is 12.4. The van der Waals surface area contributed by atoms with Gasteiger partial charge in [-0.25, -0.2) is 18.1 Å². The fraction of sp³-hybridized carbons (Fsp3) is 0.500. The number of benzene rings is 1. The average Bonchev–Trinajstić information content (AvgIpc) is 3.54. The maximum Gasteiger partial charge on any atom is 0.279 e. The first-order valence-electron chi connectivity index (χ1n) is 11.7. The lowest BCUT2D eigenvalue weighted by atomic mass is 10.2. The van der Waals surface area contributed by atoms with Crippen LogP contribution in [0.5, 0.6) is 16.7 Å². The highest BCUT2D eigenvalue weighted by Crippen LogP contribution is 2.35. The number of carbonyl (C=O) groups is 1. The second kappa shape index (κ2) is 13.2. The predicted molar refractivity (Wildman–Crippen MR) is 140 cm³/mol. The van der Waals surface area contributed by atoms with E-state index in [1.54, 1.807) is 32.2 Å². The molecule has 1 aromatic carbocycles. The Morgan fingerprint density at radius 3 is 2.83 bits per heavy atom. The molecule has 3 rings (SSSR count). The van der Waals surface area contributed by atoms with Gasteiger partial charge in [0, 0.05) is 31.8 Å². The zero-order valence-corrected chi connectivity index (χ0v) is 22.3. The van der Waals surface area contributed by atoms with Crippen LogP contribution in [0.25, 0.3) is 6.08 Å². The summed E-state index contributed by atoms with van der Waals surface area (Å²) >= 11 is 7.69. The molecule has 0 unspecified atom stereocenters. The van der Waals surface area contributed by atoms with Crippen LogP contribution in [0.4, 0.5) is 0 Å². The van der Waals surface area contributed by atoms with Crippen LogP contribution in [-0.4, -0.2) is 44.3 Å². The number of hydrogen-bond acceptors (Lipinski definition) is 7. The van der Waals surface area contributed by atoms with Crippen molar-refractivity contribution in [3.8, 4) is 16.7 Å². The third-order valence-electron chi connectivity index (χ3n) is 5.24. The lowest BCUT2D eigenvalue weighted by Gasteiger charge is -2.09. The number of aromatic nitrogens is 1. The van der Waals surface area contributed by atoms with Crippen molar-refractivity contribution >= 4 is 44.9 Å². The molecule has 0 radical (unpaired) electrons. The van der Waals surface area contributed by atoms with Crippen LogP contribution in [0.2, 0.25) is 5.02 Å². The number of amides is 1. The van der Waals surface area contributed by atoms with Gasteiger partial charge in [-0.05, 0) is 63.7 Å². The predicted octanol–water partition coefficient (Wildman–Crippen LogP) is 5.01. The lowest BCUT2D eigenvalue weighted by molar-refractivity contribution is -0.120. The number of nitrogens with zero attached hydrogens (tertiary/aromatic N) is 1. The molecular weight excluding hydrogens is 510 g/mol. The fourth-order valence-electron chi connectivity index (χ4n) is 2.87. The molecule has 35 heavy (non-hydrogen) atoms. The van der Waals surface area contributed by atoms with E-state index in [0.29, 0.717) is 54.2 Å². The quantitative estimate of drug-likeness (QED) is 0.307. The number of thiazole rings is 1. The number of nitrogens with one attached hydrogen (secondary N) is 2. The largest absolute Gasteiger partial charge is 0.493 e. The minimum absolute atomic E-state index is 0.0751. The van der Waals surface area contributed by atoms with Gasteiger partial charge in [-0.2, -0.15) is 0 Å². The summed E-state index contributed by atoms with van der Waals surface area (Å²) in [6, 6.07) is 5.36. The molecule has 8 nitrogen and oxygen atoms in total. The Morgan fingerprint density at radius 2 is 2.11 bits per heavy atom. The summed E-state index contributed by atoms with van der Waals surface area (Å²) in [6.45, 7) is 4.71. The molecule has 0 atom stereocenters. The molecule has 192 valence electrons. The molecule has 1 heterocycles. The Balaban J connectivity index is 1.33. The van der Waals surface area contributed by atoms with Crippen molar-refractivity contribution in [2.75, 3.05) is 19.7 Å². The third-order valence-corrected chi connectivity index (χ3v) is 8.22. The minimum atomic E-state index is -3.25. The molecule has 0 saturated heterocycles. The summed E-state index contributed by atoms with van der Waals surface area (Å²) in [7, 11) is -3.25. The van der Waals surface area contributed by atoms with Gasteiger partial charge in [0.05, 0.1) is 21.8 Å².